The average Bonchev–Trinajstić information content (AvgIpc) is 1.99. The first-order valence-corrected chi connectivity index (χ1v) is 4.50. The molecule has 72 valence electrons. The van der Waals surface area contributed by atoms with Crippen molar-refractivity contribution in [2.24, 2.45) is 0 Å². The molecule has 0 aliphatic carbocycles. The fourth-order valence-corrected chi connectivity index (χ4v) is 1.68. The van der Waals surface area contributed by atoms with E-state index in [-0.39, 0.29) is 5.28 Å². The molecule has 1 heterocycles. The van der Waals surface area contributed by atoms with Gasteiger partial charge >= 0.3 is 0 Å². The Morgan fingerprint density at radius 3 is 2.79 bits per heavy atom. The molecule has 0 aliphatic rings. The molecule has 0 atom stereocenters. The molecule has 0 bridgehead atoms. The molecule has 4 nitrogen and oxygen atoms in total. The summed E-state index contributed by atoms with van der Waals surface area (Å²) in [5.74, 6) is 0. The van der Waals surface area contributed by atoms with Crippen molar-refractivity contribution in [2.45, 2.75) is 13.8 Å². The fraction of sp³-hybridized carbons (Fsp3) is 0.222. The van der Waals surface area contributed by atoms with Crippen LogP contribution < -0.4 is 4.85 Å². The van der Waals surface area contributed by atoms with Crippen LogP contribution in [0.25, 0.3) is 11.0 Å². The molecule has 0 spiro atoms. The van der Waals surface area contributed by atoms with Gasteiger partial charge in [-0.05, 0) is 48.0 Å². The van der Waals surface area contributed by atoms with Crippen LogP contribution in [0.2, 0.25) is 5.28 Å². The largest absolute Gasteiger partial charge is 0.594 e. The monoisotopic (exact) mass is 209 g/mol. The molecule has 5 heteroatoms. The second-order valence-corrected chi connectivity index (χ2v) is 3.54. The van der Waals surface area contributed by atoms with Crippen molar-refractivity contribution in [1.82, 2.24) is 10.1 Å². The molecule has 0 saturated carbocycles. The predicted octanol–water partition coefficient (Wildman–Crippen LogP) is 1.53. The number of hydrogen-bond donors (Lipinski definition) is 0. The number of halogens is 1. The summed E-state index contributed by atoms with van der Waals surface area (Å²) in [6.45, 7) is 3.79. The predicted molar refractivity (Wildman–Crippen MR) is 53.0 cm³/mol. The lowest BCUT2D eigenvalue weighted by Crippen LogP contribution is -2.33. The maximum absolute atomic E-state index is 11.4. The Kier molecular flexibility index (Phi) is 2.00. The van der Waals surface area contributed by atoms with Crippen molar-refractivity contribution in [2.75, 3.05) is 0 Å². The third-order valence-electron chi connectivity index (χ3n) is 2.00. The molecule has 2 rings (SSSR count). The van der Waals surface area contributed by atoms with Crippen LogP contribution in [0.15, 0.2) is 12.1 Å². The van der Waals surface area contributed by atoms with E-state index >= 15 is 0 Å². The molecule has 1 aromatic carbocycles. The van der Waals surface area contributed by atoms with Crippen LogP contribution in [0, 0.1) is 19.1 Å². The zero-order chi connectivity index (χ0) is 10.3. The number of fused-ring (bicyclic) bond motifs is 1. The van der Waals surface area contributed by atoms with E-state index in [1.807, 2.05) is 26.0 Å². The van der Waals surface area contributed by atoms with Gasteiger partial charge in [0.2, 0.25) is 0 Å². The molecule has 0 saturated heterocycles. The normalized spacial score (nSPS) is 10.8. The second-order valence-electron chi connectivity index (χ2n) is 3.20. The van der Waals surface area contributed by atoms with Gasteiger partial charge in [-0.1, -0.05) is 0 Å². The van der Waals surface area contributed by atoms with Gasteiger partial charge in [0.05, 0.1) is 0 Å². The lowest BCUT2D eigenvalue weighted by molar-refractivity contribution is -0.643. The number of aromatic nitrogens is 3. The van der Waals surface area contributed by atoms with Gasteiger partial charge in [-0.15, -0.1) is 0 Å². The van der Waals surface area contributed by atoms with Crippen molar-refractivity contribution in [3.63, 3.8) is 0 Å². The minimum atomic E-state index is -0.0301. The first-order chi connectivity index (χ1) is 6.58. The molecule has 0 N–H and O–H groups in total. The lowest BCUT2D eigenvalue weighted by Gasteiger charge is -2.02. The summed E-state index contributed by atoms with van der Waals surface area (Å²) in [6.07, 6.45) is 0. The lowest BCUT2D eigenvalue weighted by atomic mass is 10.1. The van der Waals surface area contributed by atoms with Crippen molar-refractivity contribution in [3.8, 4) is 0 Å². The summed E-state index contributed by atoms with van der Waals surface area (Å²) in [5.41, 5.74) is 2.95. The zero-order valence-corrected chi connectivity index (χ0v) is 8.54. The fourth-order valence-electron chi connectivity index (χ4n) is 1.52. The number of benzene rings is 1. The van der Waals surface area contributed by atoms with Gasteiger partial charge in [0.1, 0.15) is 5.52 Å². The first kappa shape index (κ1) is 9.15. The summed E-state index contributed by atoms with van der Waals surface area (Å²) in [7, 11) is 0. The van der Waals surface area contributed by atoms with E-state index in [2.05, 4.69) is 10.1 Å². The zero-order valence-electron chi connectivity index (χ0n) is 7.78. The van der Waals surface area contributed by atoms with Crippen LogP contribution in [-0.2, 0) is 0 Å². The molecule has 0 aliphatic heterocycles. The molecule has 1 aromatic heterocycles. The highest BCUT2D eigenvalue weighted by molar-refractivity contribution is 6.28. The molecule has 0 amide bonds. The standard InChI is InChI=1S/C9H8ClN3O/c1-5-3-6(2)8-7(4-5)11-9(10)12-13(8)14/h3-4H,1-2H3. The molecule has 0 unspecified atom stereocenters. The maximum Gasteiger partial charge on any atom is 0.290 e. The number of nitrogens with zero attached hydrogens (tertiary/aromatic N) is 3. The van der Waals surface area contributed by atoms with Gasteiger partial charge in [-0.2, -0.15) is 0 Å². The van der Waals surface area contributed by atoms with Gasteiger partial charge in [0.15, 0.2) is 0 Å². The van der Waals surface area contributed by atoms with Gasteiger partial charge < -0.3 is 5.21 Å². The quantitative estimate of drug-likeness (QED) is 0.489. The molecule has 0 fully saturated rings. The van der Waals surface area contributed by atoms with Crippen molar-refractivity contribution < 1.29 is 4.85 Å². The van der Waals surface area contributed by atoms with Crippen LogP contribution in [0.5, 0.6) is 0 Å². The highest BCUT2D eigenvalue weighted by atomic mass is 35.5. The van der Waals surface area contributed by atoms with E-state index < -0.39 is 0 Å². The van der Waals surface area contributed by atoms with Crippen molar-refractivity contribution in [1.29, 1.82) is 0 Å². The maximum atomic E-state index is 11.4. The first-order valence-electron chi connectivity index (χ1n) is 4.12. The number of hydrogen-bond acceptors (Lipinski definition) is 3. The molecule has 2 aromatic rings. The Balaban J connectivity index is 2.94. The Labute approximate surface area is 85.7 Å². The van der Waals surface area contributed by atoms with Crippen LogP contribution in [0.3, 0.4) is 0 Å². The SMILES string of the molecule is Cc1cc(C)c2c(c1)nc(Cl)n[n+]2[O-]. The van der Waals surface area contributed by atoms with E-state index in [1.54, 1.807) is 0 Å². The third kappa shape index (κ3) is 1.37. The molecule has 14 heavy (non-hydrogen) atoms. The summed E-state index contributed by atoms with van der Waals surface area (Å²) in [5, 5.41) is 14.9. The third-order valence-corrected chi connectivity index (χ3v) is 2.16. The summed E-state index contributed by atoms with van der Waals surface area (Å²) >= 11 is 5.59. The van der Waals surface area contributed by atoms with Gasteiger partial charge in [0.25, 0.3) is 10.8 Å². The van der Waals surface area contributed by atoms with Crippen LogP contribution in [-0.4, -0.2) is 10.1 Å². The van der Waals surface area contributed by atoms with E-state index in [0.717, 1.165) is 11.1 Å². The van der Waals surface area contributed by atoms with E-state index in [1.165, 1.54) is 0 Å². The Bertz CT molecular complexity index is 470. The summed E-state index contributed by atoms with van der Waals surface area (Å²) < 4.78 is 0. The van der Waals surface area contributed by atoms with Gasteiger partial charge in [0, 0.05) is 10.7 Å². The van der Waals surface area contributed by atoms with Gasteiger partial charge in [-0.3, -0.25) is 0 Å². The Morgan fingerprint density at radius 1 is 1.36 bits per heavy atom. The Morgan fingerprint density at radius 2 is 2.07 bits per heavy atom. The molecular formula is C9H8ClN3O. The summed E-state index contributed by atoms with van der Waals surface area (Å²) in [4.78, 5) is 4.50. The smallest absolute Gasteiger partial charge is 0.290 e. The minimum Gasteiger partial charge on any atom is -0.594 e. The second kappa shape index (κ2) is 3.06. The highest BCUT2D eigenvalue weighted by Crippen LogP contribution is 2.15. The van der Waals surface area contributed by atoms with E-state index in [9.17, 15) is 5.21 Å². The average molecular weight is 210 g/mol. The highest BCUT2D eigenvalue weighted by Gasteiger charge is 2.12. The van der Waals surface area contributed by atoms with Crippen molar-refractivity contribution >= 4 is 22.6 Å². The summed E-state index contributed by atoms with van der Waals surface area (Å²) in [6, 6.07) is 3.72. The Hall–Kier alpha value is -1.42. The molecule has 0 radical (unpaired) electrons. The van der Waals surface area contributed by atoms with E-state index in [0.29, 0.717) is 15.9 Å². The topological polar surface area (TPSA) is 52.7 Å². The van der Waals surface area contributed by atoms with Crippen LogP contribution >= 0.6 is 11.6 Å². The van der Waals surface area contributed by atoms with E-state index in [4.69, 9.17) is 11.6 Å². The van der Waals surface area contributed by atoms with Gasteiger partial charge in [-0.25, -0.2) is 4.98 Å². The molecular weight excluding hydrogens is 202 g/mol. The minimum absolute atomic E-state index is 0.0301. The van der Waals surface area contributed by atoms with Crippen molar-refractivity contribution in [3.05, 3.63) is 33.8 Å². The van der Waals surface area contributed by atoms with Crippen LogP contribution in [0.1, 0.15) is 11.1 Å². The number of rotatable bonds is 0. The van der Waals surface area contributed by atoms with Crippen LogP contribution in [0.4, 0.5) is 0 Å². The number of aryl methyl sites for hydroxylation is 2.